The highest BCUT2D eigenvalue weighted by atomic mass is 15.1. The number of hydrogen-bond acceptors (Lipinski definition) is 1. The second-order valence-electron chi connectivity index (χ2n) is 13.4. The summed E-state index contributed by atoms with van der Waals surface area (Å²) in [6.07, 6.45) is 0. The van der Waals surface area contributed by atoms with Crippen molar-refractivity contribution in [3.05, 3.63) is 224 Å². The van der Waals surface area contributed by atoms with Crippen molar-refractivity contribution in [2.75, 3.05) is 4.90 Å². The van der Waals surface area contributed by atoms with Crippen molar-refractivity contribution in [2.24, 2.45) is 0 Å². The van der Waals surface area contributed by atoms with Gasteiger partial charge in [0.1, 0.15) is 0 Å². The first-order valence-electron chi connectivity index (χ1n) is 18.2. The number of rotatable bonds is 8. The maximum atomic E-state index is 2.38. The molecule has 0 unspecified atom stereocenters. The fraction of sp³-hybridized carbons (Fsp3) is 0. The number of nitrogens with zero attached hydrogens (tertiary/aromatic N) is 1. The number of anilines is 3. The van der Waals surface area contributed by atoms with E-state index in [0.717, 1.165) is 17.1 Å². The van der Waals surface area contributed by atoms with E-state index >= 15 is 0 Å². The molecular formula is C52H37N. The van der Waals surface area contributed by atoms with Crippen LogP contribution < -0.4 is 4.90 Å². The molecule has 0 atom stereocenters. The topological polar surface area (TPSA) is 3.24 Å². The van der Waals surface area contributed by atoms with Crippen LogP contribution in [0.2, 0.25) is 0 Å². The van der Waals surface area contributed by atoms with Crippen molar-refractivity contribution < 1.29 is 0 Å². The van der Waals surface area contributed by atoms with Gasteiger partial charge in [-0.2, -0.15) is 0 Å². The van der Waals surface area contributed by atoms with Crippen molar-refractivity contribution in [1.82, 2.24) is 0 Å². The molecule has 9 aromatic carbocycles. The molecule has 0 spiro atoms. The monoisotopic (exact) mass is 675 g/mol. The molecule has 1 heteroatoms. The highest BCUT2D eigenvalue weighted by Crippen LogP contribution is 2.42. The van der Waals surface area contributed by atoms with Gasteiger partial charge < -0.3 is 4.90 Å². The van der Waals surface area contributed by atoms with Gasteiger partial charge in [-0.3, -0.25) is 0 Å². The molecule has 53 heavy (non-hydrogen) atoms. The second kappa shape index (κ2) is 14.3. The summed E-state index contributed by atoms with van der Waals surface area (Å²) < 4.78 is 0. The fourth-order valence-corrected chi connectivity index (χ4v) is 7.39. The third-order valence-electron chi connectivity index (χ3n) is 10.1. The van der Waals surface area contributed by atoms with Crippen LogP contribution >= 0.6 is 0 Å². The molecule has 0 saturated heterocycles. The molecule has 0 aromatic heterocycles. The molecule has 0 aliphatic rings. The minimum Gasteiger partial charge on any atom is -0.310 e. The Labute approximate surface area is 311 Å². The zero-order chi connectivity index (χ0) is 35.4. The summed E-state index contributed by atoms with van der Waals surface area (Å²) in [7, 11) is 0. The zero-order valence-electron chi connectivity index (χ0n) is 29.3. The highest BCUT2D eigenvalue weighted by Gasteiger charge is 2.17. The molecule has 1 nitrogen and oxygen atoms in total. The standard InChI is InChI=1S/C52H37N/c1-3-13-38(14-4-1)39-25-27-40(28-26-39)41-29-33-47(34-30-41)53(52-24-10-9-22-51(52)44-15-5-2-6-16-44)48-35-31-42(32-36-48)45-19-11-20-46(37-45)50-23-12-18-43-17-7-8-21-49(43)50/h1-37H. The van der Waals surface area contributed by atoms with E-state index in [1.54, 1.807) is 0 Å². The normalized spacial score (nSPS) is 11.0. The Balaban J connectivity index is 1.08. The Bertz CT molecular complexity index is 2620. The predicted molar refractivity (Wildman–Crippen MR) is 226 cm³/mol. The number of benzene rings is 9. The van der Waals surface area contributed by atoms with Crippen LogP contribution in [0.25, 0.3) is 66.4 Å². The molecule has 0 amide bonds. The van der Waals surface area contributed by atoms with Gasteiger partial charge in [-0.1, -0.05) is 188 Å². The summed E-state index contributed by atoms with van der Waals surface area (Å²) in [5.41, 5.74) is 15.4. The van der Waals surface area contributed by atoms with Gasteiger partial charge in [-0.25, -0.2) is 0 Å². The Morgan fingerprint density at radius 2 is 0.660 bits per heavy atom. The van der Waals surface area contributed by atoms with E-state index in [0.29, 0.717) is 0 Å². The third-order valence-corrected chi connectivity index (χ3v) is 10.1. The van der Waals surface area contributed by atoms with Crippen LogP contribution in [-0.4, -0.2) is 0 Å². The van der Waals surface area contributed by atoms with Gasteiger partial charge in [0.2, 0.25) is 0 Å². The first-order valence-corrected chi connectivity index (χ1v) is 18.2. The third kappa shape index (κ3) is 6.53. The van der Waals surface area contributed by atoms with Crippen LogP contribution in [0.15, 0.2) is 224 Å². The lowest BCUT2D eigenvalue weighted by atomic mass is 9.95. The number of para-hydroxylation sites is 1. The maximum absolute atomic E-state index is 2.38. The molecule has 0 radical (unpaired) electrons. The molecular weight excluding hydrogens is 639 g/mol. The molecule has 0 bridgehead atoms. The van der Waals surface area contributed by atoms with Crippen molar-refractivity contribution in [2.45, 2.75) is 0 Å². The van der Waals surface area contributed by atoms with Crippen LogP contribution in [-0.2, 0) is 0 Å². The first kappa shape index (κ1) is 32.0. The lowest BCUT2D eigenvalue weighted by Crippen LogP contribution is -2.11. The predicted octanol–water partition coefficient (Wildman–Crippen LogP) is 14.6. The van der Waals surface area contributed by atoms with Gasteiger partial charge in [0, 0.05) is 16.9 Å². The van der Waals surface area contributed by atoms with E-state index in [-0.39, 0.29) is 0 Å². The van der Waals surface area contributed by atoms with Crippen LogP contribution in [0.1, 0.15) is 0 Å². The van der Waals surface area contributed by atoms with E-state index in [9.17, 15) is 0 Å². The first-order chi connectivity index (χ1) is 26.3. The summed E-state index contributed by atoms with van der Waals surface area (Å²) in [6, 6.07) is 80.7. The van der Waals surface area contributed by atoms with Crippen molar-refractivity contribution >= 4 is 27.8 Å². The Kier molecular flexibility index (Phi) is 8.66. The van der Waals surface area contributed by atoms with Crippen LogP contribution in [0.3, 0.4) is 0 Å². The largest absolute Gasteiger partial charge is 0.310 e. The van der Waals surface area contributed by atoms with Crippen molar-refractivity contribution in [3.8, 4) is 55.6 Å². The number of fused-ring (bicyclic) bond motifs is 1. The fourth-order valence-electron chi connectivity index (χ4n) is 7.39. The zero-order valence-corrected chi connectivity index (χ0v) is 29.3. The smallest absolute Gasteiger partial charge is 0.0540 e. The summed E-state index contributed by atoms with van der Waals surface area (Å²) in [5.74, 6) is 0. The maximum Gasteiger partial charge on any atom is 0.0540 e. The van der Waals surface area contributed by atoms with E-state index in [1.165, 1.54) is 66.4 Å². The molecule has 0 aliphatic heterocycles. The SMILES string of the molecule is c1ccc(-c2ccc(-c3ccc(N(c4ccc(-c5cccc(-c6cccc7ccccc67)c5)cc4)c4ccccc4-c4ccccc4)cc3)cc2)cc1. The minimum absolute atomic E-state index is 1.10. The Morgan fingerprint density at radius 3 is 1.32 bits per heavy atom. The quantitative estimate of drug-likeness (QED) is 0.155. The molecule has 9 rings (SSSR count). The van der Waals surface area contributed by atoms with Gasteiger partial charge in [0.15, 0.2) is 0 Å². The minimum atomic E-state index is 1.10. The Morgan fingerprint density at radius 1 is 0.245 bits per heavy atom. The lowest BCUT2D eigenvalue weighted by molar-refractivity contribution is 1.28. The van der Waals surface area contributed by atoms with E-state index in [2.05, 4.69) is 229 Å². The van der Waals surface area contributed by atoms with Gasteiger partial charge in [-0.05, 0) is 97.2 Å². The molecule has 0 fully saturated rings. The van der Waals surface area contributed by atoms with Gasteiger partial charge in [-0.15, -0.1) is 0 Å². The van der Waals surface area contributed by atoms with Crippen LogP contribution in [0, 0.1) is 0 Å². The van der Waals surface area contributed by atoms with E-state index < -0.39 is 0 Å². The molecule has 250 valence electrons. The highest BCUT2D eigenvalue weighted by molar-refractivity contribution is 5.97. The summed E-state index contributed by atoms with van der Waals surface area (Å²) in [5, 5.41) is 2.52. The van der Waals surface area contributed by atoms with Crippen molar-refractivity contribution in [3.63, 3.8) is 0 Å². The molecule has 0 N–H and O–H groups in total. The van der Waals surface area contributed by atoms with E-state index in [4.69, 9.17) is 0 Å². The van der Waals surface area contributed by atoms with Crippen molar-refractivity contribution in [1.29, 1.82) is 0 Å². The molecule has 0 aliphatic carbocycles. The van der Waals surface area contributed by atoms with Crippen LogP contribution in [0.5, 0.6) is 0 Å². The average molecular weight is 676 g/mol. The van der Waals surface area contributed by atoms with E-state index in [1.807, 2.05) is 0 Å². The van der Waals surface area contributed by atoms with Gasteiger partial charge in [0.25, 0.3) is 0 Å². The molecule has 0 heterocycles. The number of hydrogen-bond donors (Lipinski definition) is 0. The van der Waals surface area contributed by atoms with Gasteiger partial charge in [0.05, 0.1) is 5.69 Å². The lowest BCUT2D eigenvalue weighted by Gasteiger charge is -2.28. The average Bonchev–Trinajstić information content (AvgIpc) is 3.25. The summed E-state index contributed by atoms with van der Waals surface area (Å²) in [4.78, 5) is 2.38. The molecule has 0 saturated carbocycles. The summed E-state index contributed by atoms with van der Waals surface area (Å²) in [6.45, 7) is 0. The summed E-state index contributed by atoms with van der Waals surface area (Å²) >= 11 is 0. The van der Waals surface area contributed by atoms with Crippen LogP contribution in [0.4, 0.5) is 17.1 Å². The van der Waals surface area contributed by atoms with Gasteiger partial charge >= 0.3 is 0 Å². The molecule has 9 aromatic rings. The Hall–Kier alpha value is -6.96. The second-order valence-corrected chi connectivity index (χ2v) is 13.4.